The van der Waals surface area contributed by atoms with Crippen molar-refractivity contribution in [3.05, 3.63) is 29.8 Å². The first kappa shape index (κ1) is 19.1. The van der Waals surface area contributed by atoms with Gasteiger partial charge in [-0.2, -0.15) is 0 Å². The molecule has 2 rings (SSSR count). The Morgan fingerprint density at radius 2 is 1.46 bits per heavy atom. The van der Waals surface area contributed by atoms with Gasteiger partial charge in [0.15, 0.2) is 0 Å². The summed E-state index contributed by atoms with van der Waals surface area (Å²) in [6, 6.07) is 7.16. The number of benzene rings is 1. The maximum Gasteiger partial charge on any atom is 0.229 e. The molecule has 0 radical (unpaired) electrons. The number of hydrogen-bond acceptors (Lipinski definition) is 7. The number of hydrogen-bond donors (Lipinski definition) is 5. The molecule has 6 atom stereocenters. The molecule has 0 unspecified atom stereocenters. The summed E-state index contributed by atoms with van der Waals surface area (Å²) in [5, 5.41) is 48.9. The highest BCUT2D eigenvalue weighted by atomic mass is 16.7. The molecule has 0 spiro atoms. The van der Waals surface area contributed by atoms with Gasteiger partial charge in [-0.25, -0.2) is 0 Å². The van der Waals surface area contributed by atoms with Gasteiger partial charge in [-0.05, 0) is 23.1 Å². The van der Waals surface area contributed by atoms with Gasteiger partial charge in [-0.1, -0.05) is 32.9 Å². The maximum atomic E-state index is 10.1. The molecule has 24 heavy (non-hydrogen) atoms. The van der Waals surface area contributed by atoms with Gasteiger partial charge in [0.1, 0.15) is 36.3 Å². The molecule has 1 heterocycles. The van der Waals surface area contributed by atoms with Crippen LogP contribution in [0.2, 0.25) is 0 Å². The van der Waals surface area contributed by atoms with E-state index in [1.807, 2.05) is 12.1 Å². The molecule has 0 amide bonds. The van der Waals surface area contributed by atoms with Crippen molar-refractivity contribution in [2.45, 2.75) is 63.0 Å². The second-order valence-electron chi connectivity index (χ2n) is 7.08. The smallest absolute Gasteiger partial charge is 0.229 e. The van der Waals surface area contributed by atoms with Gasteiger partial charge in [-0.15, -0.1) is 0 Å². The van der Waals surface area contributed by atoms with Crippen molar-refractivity contribution in [1.29, 1.82) is 0 Å². The van der Waals surface area contributed by atoms with Crippen LogP contribution in [0.15, 0.2) is 24.3 Å². The van der Waals surface area contributed by atoms with Crippen LogP contribution < -0.4 is 4.74 Å². The standard InChI is InChI=1S/C17H26O7/c1-17(2,3)9-4-6-10(7-5-9)23-16-15(22)14(21)13(20)12(19)11(8-18)24-16/h4-7,11-16,18-22H,8H2,1-3H3/t11-,12-,13+,14+,15-,16+/m1/s1. The molecular weight excluding hydrogens is 316 g/mol. The minimum absolute atomic E-state index is 0.0245. The number of aliphatic hydroxyl groups is 5. The van der Waals surface area contributed by atoms with Crippen LogP contribution in [-0.2, 0) is 10.2 Å². The van der Waals surface area contributed by atoms with E-state index in [1.54, 1.807) is 12.1 Å². The van der Waals surface area contributed by atoms with E-state index in [0.29, 0.717) is 5.75 Å². The molecular formula is C17H26O7. The van der Waals surface area contributed by atoms with Gasteiger partial charge in [-0.3, -0.25) is 0 Å². The molecule has 0 bridgehead atoms. The summed E-state index contributed by atoms with van der Waals surface area (Å²) >= 11 is 0. The van der Waals surface area contributed by atoms with Crippen LogP contribution in [0.3, 0.4) is 0 Å². The molecule has 1 aliphatic heterocycles. The third-order valence-corrected chi connectivity index (χ3v) is 4.17. The van der Waals surface area contributed by atoms with E-state index >= 15 is 0 Å². The Labute approximate surface area is 141 Å². The molecule has 7 heteroatoms. The highest BCUT2D eigenvalue weighted by Gasteiger charge is 2.45. The summed E-state index contributed by atoms with van der Waals surface area (Å²) in [6.45, 7) is 5.63. The lowest BCUT2D eigenvalue weighted by Crippen LogP contribution is -2.48. The molecule has 1 saturated heterocycles. The van der Waals surface area contributed by atoms with Gasteiger partial charge in [0.05, 0.1) is 6.61 Å². The van der Waals surface area contributed by atoms with E-state index in [1.165, 1.54) is 0 Å². The maximum absolute atomic E-state index is 10.1. The molecule has 1 aromatic rings. The van der Waals surface area contributed by atoms with Crippen molar-refractivity contribution in [2.75, 3.05) is 6.61 Å². The zero-order chi connectivity index (χ0) is 18.1. The quantitative estimate of drug-likeness (QED) is 0.503. The zero-order valence-corrected chi connectivity index (χ0v) is 14.0. The van der Waals surface area contributed by atoms with Gasteiger partial charge in [0, 0.05) is 0 Å². The van der Waals surface area contributed by atoms with E-state index in [4.69, 9.17) is 9.47 Å². The van der Waals surface area contributed by atoms with Crippen molar-refractivity contribution in [3.63, 3.8) is 0 Å². The molecule has 7 nitrogen and oxygen atoms in total. The van der Waals surface area contributed by atoms with E-state index in [9.17, 15) is 25.5 Å². The van der Waals surface area contributed by atoms with Gasteiger partial charge >= 0.3 is 0 Å². The SMILES string of the molecule is CC(C)(C)c1ccc(O[C@H]2O[C@H](CO)[C@@H](O)[C@H](O)[C@H](O)[C@H]2O)cc1. The Hall–Kier alpha value is -1.22. The fourth-order valence-corrected chi connectivity index (χ4v) is 2.53. The van der Waals surface area contributed by atoms with Gasteiger partial charge in [0.2, 0.25) is 6.29 Å². The summed E-state index contributed by atoms with van der Waals surface area (Å²) in [4.78, 5) is 0. The van der Waals surface area contributed by atoms with Crippen LogP contribution in [0, 0.1) is 0 Å². The predicted molar refractivity (Wildman–Crippen MR) is 85.5 cm³/mol. The van der Waals surface area contributed by atoms with Gasteiger partial charge in [0.25, 0.3) is 0 Å². The second-order valence-corrected chi connectivity index (χ2v) is 7.08. The van der Waals surface area contributed by atoms with E-state index < -0.39 is 43.4 Å². The minimum Gasteiger partial charge on any atom is -0.462 e. The Kier molecular flexibility index (Phi) is 5.85. The van der Waals surface area contributed by atoms with Crippen molar-refractivity contribution >= 4 is 0 Å². The topological polar surface area (TPSA) is 120 Å². The number of ether oxygens (including phenoxy) is 2. The molecule has 1 fully saturated rings. The van der Waals surface area contributed by atoms with Gasteiger partial charge < -0.3 is 35.0 Å². The normalized spacial score (nSPS) is 34.7. The van der Waals surface area contributed by atoms with E-state index in [-0.39, 0.29) is 5.41 Å². The number of aliphatic hydroxyl groups excluding tert-OH is 5. The summed E-state index contributed by atoms with van der Waals surface area (Å²) in [6.07, 6.45) is -9.00. The Morgan fingerprint density at radius 1 is 0.917 bits per heavy atom. The van der Waals surface area contributed by atoms with Crippen LogP contribution in [0.25, 0.3) is 0 Å². The van der Waals surface area contributed by atoms with Crippen LogP contribution in [0.5, 0.6) is 5.75 Å². The molecule has 0 saturated carbocycles. The highest BCUT2D eigenvalue weighted by molar-refractivity contribution is 5.31. The predicted octanol–water partition coefficient (Wildman–Crippen LogP) is -0.476. The fourth-order valence-electron chi connectivity index (χ4n) is 2.53. The second kappa shape index (κ2) is 7.35. The lowest BCUT2D eigenvalue weighted by atomic mass is 9.87. The van der Waals surface area contributed by atoms with Crippen molar-refractivity contribution in [1.82, 2.24) is 0 Å². The van der Waals surface area contributed by atoms with E-state index in [2.05, 4.69) is 20.8 Å². The molecule has 1 aliphatic rings. The average molecular weight is 342 g/mol. The summed E-state index contributed by atoms with van der Waals surface area (Å²) < 4.78 is 10.9. The monoisotopic (exact) mass is 342 g/mol. The van der Waals surface area contributed by atoms with Crippen LogP contribution in [0.1, 0.15) is 26.3 Å². The van der Waals surface area contributed by atoms with Crippen molar-refractivity contribution < 1.29 is 35.0 Å². The Bertz CT molecular complexity index is 523. The molecule has 1 aromatic carbocycles. The first-order chi connectivity index (χ1) is 11.1. The third kappa shape index (κ3) is 4.05. The average Bonchev–Trinajstić information content (AvgIpc) is 2.61. The van der Waals surface area contributed by atoms with Crippen molar-refractivity contribution in [3.8, 4) is 5.75 Å². The summed E-state index contributed by atoms with van der Waals surface area (Å²) in [5.41, 5.74) is 1.07. The molecule has 136 valence electrons. The number of rotatable bonds is 3. The largest absolute Gasteiger partial charge is 0.462 e. The lowest BCUT2D eigenvalue weighted by Gasteiger charge is -2.26. The Morgan fingerprint density at radius 3 is 1.96 bits per heavy atom. The summed E-state index contributed by atoms with van der Waals surface area (Å²) in [7, 11) is 0. The van der Waals surface area contributed by atoms with Crippen LogP contribution in [0.4, 0.5) is 0 Å². The first-order valence-electron chi connectivity index (χ1n) is 7.91. The molecule has 0 aromatic heterocycles. The van der Waals surface area contributed by atoms with E-state index in [0.717, 1.165) is 5.56 Å². The Balaban J connectivity index is 2.17. The van der Waals surface area contributed by atoms with Crippen molar-refractivity contribution in [2.24, 2.45) is 0 Å². The summed E-state index contributed by atoms with van der Waals surface area (Å²) in [5.74, 6) is 0.391. The zero-order valence-electron chi connectivity index (χ0n) is 14.0. The minimum atomic E-state index is -1.67. The fraction of sp³-hybridized carbons (Fsp3) is 0.647. The lowest BCUT2D eigenvalue weighted by molar-refractivity contribution is -0.195. The molecule has 0 aliphatic carbocycles. The third-order valence-electron chi connectivity index (χ3n) is 4.17. The van der Waals surface area contributed by atoms with Crippen LogP contribution >= 0.6 is 0 Å². The molecule has 5 N–H and O–H groups in total. The first-order valence-corrected chi connectivity index (χ1v) is 7.91. The van der Waals surface area contributed by atoms with Crippen LogP contribution in [-0.4, -0.2) is 68.9 Å². The highest BCUT2D eigenvalue weighted by Crippen LogP contribution is 2.27.